The standard InChI is InChI=1S/C25H25N3O2/c1-16-14-19-11-12-20-23(26-25(30)27-24(20)29)28(22(19)15-21(16)18-9-10-18)13-5-8-17-6-3-2-4-7-17/h2-4,6-7,12,14-15,18H,5,8-11,13H2,1H3,(H,27,29,30). The average Bonchev–Trinajstić information content (AvgIpc) is 3.57. The Kier molecular flexibility index (Phi) is 4.74. The number of hydrogen-bond donors (Lipinski definition) is 1. The Morgan fingerprint density at radius 2 is 1.93 bits per heavy atom. The lowest BCUT2D eigenvalue weighted by Gasteiger charge is -2.29. The molecule has 1 N–H and O–H groups in total. The maximum Gasteiger partial charge on any atom is 0.349 e. The molecule has 0 saturated heterocycles. The number of aryl methyl sites for hydroxylation is 2. The van der Waals surface area contributed by atoms with Crippen LogP contribution in [0.5, 0.6) is 0 Å². The number of allylic oxidation sites excluding steroid dienone is 1. The van der Waals surface area contributed by atoms with Crippen LogP contribution in [0.2, 0.25) is 0 Å². The van der Waals surface area contributed by atoms with Crippen LogP contribution >= 0.6 is 0 Å². The molecule has 2 aromatic carbocycles. The van der Waals surface area contributed by atoms with Crippen molar-refractivity contribution in [2.75, 3.05) is 11.4 Å². The van der Waals surface area contributed by atoms with Crippen molar-refractivity contribution in [3.63, 3.8) is 0 Å². The van der Waals surface area contributed by atoms with Crippen molar-refractivity contribution in [2.45, 2.75) is 44.9 Å². The van der Waals surface area contributed by atoms with Gasteiger partial charge in [-0.3, -0.25) is 10.1 Å². The highest BCUT2D eigenvalue weighted by Gasteiger charge is 2.33. The predicted octanol–water partition coefficient (Wildman–Crippen LogP) is 4.44. The van der Waals surface area contributed by atoms with Gasteiger partial charge < -0.3 is 4.90 Å². The van der Waals surface area contributed by atoms with Crippen LogP contribution in [0.15, 0.2) is 59.1 Å². The second kappa shape index (κ2) is 7.56. The van der Waals surface area contributed by atoms with Gasteiger partial charge >= 0.3 is 6.03 Å². The third-order valence-corrected chi connectivity index (χ3v) is 6.16. The van der Waals surface area contributed by atoms with Gasteiger partial charge in [-0.2, -0.15) is 4.99 Å². The second-order valence-corrected chi connectivity index (χ2v) is 8.37. The molecule has 2 aromatic rings. The highest BCUT2D eigenvalue weighted by molar-refractivity contribution is 6.33. The van der Waals surface area contributed by atoms with E-state index in [4.69, 9.17) is 0 Å². The zero-order chi connectivity index (χ0) is 20.7. The third kappa shape index (κ3) is 3.56. The number of urea groups is 1. The second-order valence-electron chi connectivity index (χ2n) is 8.37. The number of nitrogens with zero attached hydrogens (tertiary/aromatic N) is 2. The van der Waals surface area contributed by atoms with Gasteiger partial charge in [0.15, 0.2) is 5.84 Å². The molecular formula is C25H25N3O2. The lowest BCUT2D eigenvalue weighted by molar-refractivity contribution is -0.116. The summed E-state index contributed by atoms with van der Waals surface area (Å²) < 4.78 is 0. The first kappa shape index (κ1) is 18.8. The number of fused-ring (bicyclic) bond motifs is 2. The van der Waals surface area contributed by atoms with Gasteiger partial charge in [-0.15, -0.1) is 0 Å². The van der Waals surface area contributed by atoms with Gasteiger partial charge in [0.2, 0.25) is 0 Å². The summed E-state index contributed by atoms with van der Waals surface area (Å²) >= 11 is 0. The van der Waals surface area contributed by atoms with Crippen LogP contribution in [0.1, 0.15) is 47.4 Å². The Morgan fingerprint density at radius 1 is 1.13 bits per heavy atom. The number of anilines is 1. The fourth-order valence-corrected chi connectivity index (χ4v) is 4.50. The molecule has 3 amide bonds. The summed E-state index contributed by atoms with van der Waals surface area (Å²) in [6, 6.07) is 14.3. The number of benzene rings is 2. The maximum atomic E-state index is 12.5. The zero-order valence-corrected chi connectivity index (χ0v) is 17.1. The first-order chi connectivity index (χ1) is 14.6. The summed E-state index contributed by atoms with van der Waals surface area (Å²) in [6.07, 6.45) is 6.87. The van der Waals surface area contributed by atoms with E-state index >= 15 is 0 Å². The fourth-order valence-electron chi connectivity index (χ4n) is 4.50. The first-order valence-electron chi connectivity index (χ1n) is 10.7. The number of aliphatic imine (C=N–C) groups is 1. The van der Waals surface area contributed by atoms with Gasteiger partial charge in [0, 0.05) is 12.2 Å². The normalized spacial score (nSPS) is 18.1. The molecule has 0 spiro atoms. The molecule has 5 heteroatoms. The van der Waals surface area contributed by atoms with E-state index in [-0.39, 0.29) is 5.91 Å². The average molecular weight is 399 g/mol. The van der Waals surface area contributed by atoms with Crippen LogP contribution < -0.4 is 10.2 Å². The van der Waals surface area contributed by atoms with E-state index in [0.29, 0.717) is 30.3 Å². The van der Waals surface area contributed by atoms with Gasteiger partial charge in [-0.05, 0) is 73.3 Å². The van der Waals surface area contributed by atoms with Crippen LogP contribution in [-0.2, 0) is 17.6 Å². The number of carbonyl (C=O) groups is 2. The van der Waals surface area contributed by atoms with Crippen LogP contribution in [0, 0.1) is 6.92 Å². The molecule has 0 radical (unpaired) electrons. The van der Waals surface area contributed by atoms with Crippen LogP contribution in [0.25, 0.3) is 0 Å². The molecule has 1 saturated carbocycles. The maximum absolute atomic E-state index is 12.5. The summed E-state index contributed by atoms with van der Waals surface area (Å²) in [4.78, 5) is 30.9. The number of nitrogens with one attached hydrogen (secondary N) is 1. The van der Waals surface area contributed by atoms with E-state index in [9.17, 15) is 9.59 Å². The Bertz CT molecular complexity index is 1080. The van der Waals surface area contributed by atoms with Crippen molar-refractivity contribution in [1.82, 2.24) is 5.32 Å². The summed E-state index contributed by atoms with van der Waals surface area (Å²) in [7, 11) is 0. The Morgan fingerprint density at radius 3 is 2.70 bits per heavy atom. The van der Waals surface area contributed by atoms with Crippen molar-refractivity contribution in [3.05, 3.63) is 76.4 Å². The molecule has 30 heavy (non-hydrogen) atoms. The minimum atomic E-state index is -0.585. The Labute approximate surface area is 176 Å². The highest BCUT2D eigenvalue weighted by Crippen LogP contribution is 2.44. The van der Waals surface area contributed by atoms with Crippen molar-refractivity contribution in [2.24, 2.45) is 4.99 Å². The first-order valence-corrected chi connectivity index (χ1v) is 10.7. The Hall–Kier alpha value is -3.21. The van der Waals surface area contributed by atoms with Gasteiger partial charge in [-0.1, -0.05) is 42.5 Å². The monoisotopic (exact) mass is 399 g/mol. The molecule has 1 aliphatic carbocycles. The minimum Gasteiger partial charge on any atom is -0.325 e. The van der Waals surface area contributed by atoms with E-state index < -0.39 is 6.03 Å². The van der Waals surface area contributed by atoms with Crippen molar-refractivity contribution < 1.29 is 9.59 Å². The largest absolute Gasteiger partial charge is 0.349 e. The zero-order valence-electron chi connectivity index (χ0n) is 17.1. The summed E-state index contributed by atoms with van der Waals surface area (Å²) in [5.41, 5.74) is 6.75. The predicted molar refractivity (Wildman–Crippen MR) is 118 cm³/mol. The van der Waals surface area contributed by atoms with Gasteiger partial charge in [0.05, 0.1) is 5.57 Å². The smallest absolute Gasteiger partial charge is 0.325 e. The molecule has 5 rings (SSSR count). The molecule has 0 unspecified atom stereocenters. The van der Waals surface area contributed by atoms with E-state index in [2.05, 4.69) is 58.5 Å². The summed E-state index contributed by atoms with van der Waals surface area (Å²) in [5.74, 6) is 0.765. The van der Waals surface area contributed by atoms with Crippen LogP contribution in [-0.4, -0.2) is 24.3 Å². The van der Waals surface area contributed by atoms with Gasteiger partial charge in [0.25, 0.3) is 5.91 Å². The van der Waals surface area contributed by atoms with Crippen molar-refractivity contribution in [3.8, 4) is 0 Å². The molecule has 5 nitrogen and oxygen atoms in total. The van der Waals surface area contributed by atoms with E-state index in [1.807, 2.05) is 12.1 Å². The number of amidine groups is 1. The topological polar surface area (TPSA) is 61.8 Å². The van der Waals surface area contributed by atoms with E-state index in [1.54, 1.807) is 0 Å². The van der Waals surface area contributed by atoms with E-state index in [0.717, 1.165) is 18.5 Å². The molecule has 152 valence electrons. The molecule has 3 aliphatic rings. The quantitative estimate of drug-likeness (QED) is 0.808. The Balaban J connectivity index is 1.53. The van der Waals surface area contributed by atoms with Gasteiger partial charge in [0.1, 0.15) is 0 Å². The van der Waals surface area contributed by atoms with Crippen LogP contribution in [0.3, 0.4) is 0 Å². The number of rotatable bonds is 5. The lowest BCUT2D eigenvalue weighted by Crippen LogP contribution is -2.45. The van der Waals surface area contributed by atoms with E-state index in [1.165, 1.54) is 35.1 Å². The van der Waals surface area contributed by atoms with Gasteiger partial charge in [-0.25, -0.2) is 4.79 Å². The molecule has 1 fully saturated rings. The van der Waals surface area contributed by atoms with Crippen molar-refractivity contribution in [1.29, 1.82) is 0 Å². The molecule has 0 atom stereocenters. The number of hydrogen-bond acceptors (Lipinski definition) is 3. The SMILES string of the molecule is Cc1cc2c(cc1C1CC1)N(CCCc1ccccc1)C1=NC(=O)NC(=O)C1=CC2. The molecular weight excluding hydrogens is 374 g/mol. The van der Waals surface area contributed by atoms with Crippen molar-refractivity contribution >= 4 is 23.5 Å². The highest BCUT2D eigenvalue weighted by atomic mass is 16.2. The number of carbonyl (C=O) groups excluding carboxylic acids is 2. The molecule has 2 heterocycles. The summed E-state index contributed by atoms with van der Waals surface area (Å²) in [5, 5.41) is 2.33. The molecule has 0 aromatic heterocycles. The lowest BCUT2D eigenvalue weighted by atomic mass is 9.97. The fraction of sp³-hybridized carbons (Fsp3) is 0.320. The number of amides is 3. The molecule has 0 bridgehead atoms. The summed E-state index contributed by atoms with van der Waals surface area (Å²) in [6.45, 7) is 2.87. The number of imide groups is 1. The van der Waals surface area contributed by atoms with Crippen LogP contribution in [0.4, 0.5) is 10.5 Å². The molecule has 2 aliphatic heterocycles. The third-order valence-electron chi connectivity index (χ3n) is 6.16. The minimum absolute atomic E-state index is 0.356.